The van der Waals surface area contributed by atoms with Crippen molar-refractivity contribution < 1.29 is 9.59 Å². The Balaban J connectivity index is 1.67. The first kappa shape index (κ1) is 25.4. The predicted molar refractivity (Wildman–Crippen MR) is 144 cm³/mol. The van der Waals surface area contributed by atoms with Crippen LogP contribution < -0.4 is 10.9 Å². The van der Waals surface area contributed by atoms with Crippen molar-refractivity contribution in [3.05, 3.63) is 106 Å². The summed E-state index contributed by atoms with van der Waals surface area (Å²) in [6, 6.07) is 24.3. The molecule has 0 aliphatic rings. The van der Waals surface area contributed by atoms with Gasteiger partial charge in [0.1, 0.15) is 5.78 Å². The monoisotopic (exact) mass is 499 g/mol. The molecule has 0 saturated heterocycles. The summed E-state index contributed by atoms with van der Waals surface area (Å²) in [5, 5.41) is 3.79. The highest BCUT2D eigenvalue weighted by Crippen LogP contribution is 2.24. The van der Waals surface area contributed by atoms with Crippen LogP contribution in [0.15, 0.2) is 88.8 Å². The SMILES string of the molecule is CC(C)(C)C(=O)CSc1nc2cc(C(=O)NCc3ccccc3)ccc2c(=O)n1Cc1ccccc1. The van der Waals surface area contributed by atoms with E-state index in [-0.39, 0.29) is 23.0 Å². The number of nitrogens with zero attached hydrogens (tertiary/aromatic N) is 2. The summed E-state index contributed by atoms with van der Waals surface area (Å²) in [6.07, 6.45) is 0. The van der Waals surface area contributed by atoms with Crippen molar-refractivity contribution in [2.45, 2.75) is 39.0 Å². The predicted octanol–water partition coefficient (Wildman–Crippen LogP) is 5.08. The lowest BCUT2D eigenvalue weighted by molar-refractivity contribution is -0.123. The smallest absolute Gasteiger partial charge is 0.262 e. The molecule has 3 aromatic carbocycles. The summed E-state index contributed by atoms with van der Waals surface area (Å²) < 4.78 is 1.60. The first-order chi connectivity index (χ1) is 17.2. The fourth-order valence-corrected chi connectivity index (χ4v) is 4.74. The third-order valence-electron chi connectivity index (χ3n) is 5.83. The number of ketones is 1. The Bertz CT molecular complexity index is 1440. The van der Waals surface area contributed by atoms with Crippen LogP contribution in [0, 0.1) is 5.41 Å². The van der Waals surface area contributed by atoms with E-state index in [2.05, 4.69) is 5.32 Å². The summed E-state index contributed by atoms with van der Waals surface area (Å²) >= 11 is 1.25. The number of hydrogen-bond donors (Lipinski definition) is 1. The molecule has 0 atom stereocenters. The van der Waals surface area contributed by atoms with Gasteiger partial charge >= 0.3 is 0 Å². The second-order valence-corrected chi connectivity index (χ2v) is 10.6. The maximum Gasteiger partial charge on any atom is 0.262 e. The molecule has 0 unspecified atom stereocenters. The summed E-state index contributed by atoms with van der Waals surface area (Å²) in [6.45, 7) is 6.37. The number of aromatic nitrogens is 2. The Morgan fingerprint density at radius 1 is 0.917 bits per heavy atom. The van der Waals surface area contributed by atoms with Crippen LogP contribution in [0.2, 0.25) is 0 Å². The van der Waals surface area contributed by atoms with Crippen LogP contribution in [0.1, 0.15) is 42.3 Å². The molecule has 36 heavy (non-hydrogen) atoms. The number of rotatable bonds is 8. The van der Waals surface area contributed by atoms with Gasteiger partial charge in [0.05, 0.1) is 23.2 Å². The van der Waals surface area contributed by atoms with Gasteiger partial charge in [-0.05, 0) is 29.3 Å². The van der Waals surface area contributed by atoms with Gasteiger partial charge in [0.25, 0.3) is 11.5 Å². The van der Waals surface area contributed by atoms with Crippen LogP contribution >= 0.6 is 11.8 Å². The van der Waals surface area contributed by atoms with Gasteiger partial charge in [0, 0.05) is 17.5 Å². The minimum atomic E-state index is -0.488. The van der Waals surface area contributed by atoms with Crippen molar-refractivity contribution in [1.82, 2.24) is 14.9 Å². The molecule has 0 aliphatic heterocycles. The molecule has 0 bridgehead atoms. The van der Waals surface area contributed by atoms with Crippen molar-refractivity contribution >= 4 is 34.4 Å². The zero-order chi connectivity index (χ0) is 25.7. The maximum atomic E-state index is 13.5. The van der Waals surface area contributed by atoms with E-state index in [1.165, 1.54) is 11.8 Å². The molecule has 0 fully saturated rings. The van der Waals surface area contributed by atoms with E-state index in [0.717, 1.165) is 11.1 Å². The molecule has 0 spiro atoms. The van der Waals surface area contributed by atoms with Crippen LogP contribution in [0.3, 0.4) is 0 Å². The van der Waals surface area contributed by atoms with E-state index in [1.54, 1.807) is 22.8 Å². The number of carbonyl (C=O) groups is 2. The number of fused-ring (bicyclic) bond motifs is 1. The molecular weight excluding hydrogens is 470 g/mol. The molecule has 7 heteroatoms. The first-order valence-corrected chi connectivity index (χ1v) is 12.8. The van der Waals surface area contributed by atoms with Crippen LogP contribution in [-0.2, 0) is 17.9 Å². The largest absolute Gasteiger partial charge is 0.348 e. The third-order valence-corrected chi connectivity index (χ3v) is 6.81. The maximum absolute atomic E-state index is 13.5. The molecule has 0 saturated carbocycles. The lowest BCUT2D eigenvalue weighted by Gasteiger charge is -2.17. The highest BCUT2D eigenvalue weighted by atomic mass is 32.2. The average molecular weight is 500 g/mol. The lowest BCUT2D eigenvalue weighted by atomic mass is 9.92. The van der Waals surface area contributed by atoms with Crippen LogP contribution in [-0.4, -0.2) is 27.0 Å². The van der Waals surface area contributed by atoms with Gasteiger partial charge in [0.2, 0.25) is 0 Å². The Labute approximate surface area is 214 Å². The second-order valence-electron chi connectivity index (χ2n) is 9.63. The number of nitrogens with one attached hydrogen (secondary N) is 1. The number of amides is 1. The Morgan fingerprint density at radius 2 is 1.56 bits per heavy atom. The standard InChI is InChI=1S/C29H29N3O3S/c1-29(2,3)25(33)19-36-28-31-24-16-22(26(34)30-17-20-10-6-4-7-11-20)14-15-23(24)27(35)32(28)18-21-12-8-5-9-13-21/h4-16H,17-19H2,1-3H3,(H,30,34). The summed E-state index contributed by atoms with van der Waals surface area (Å²) in [4.78, 5) is 43.6. The molecular formula is C29H29N3O3S. The molecule has 1 aromatic heterocycles. The second kappa shape index (κ2) is 10.9. The fourth-order valence-electron chi connectivity index (χ4n) is 3.58. The van der Waals surface area contributed by atoms with Gasteiger partial charge in [-0.3, -0.25) is 19.0 Å². The van der Waals surface area contributed by atoms with Gasteiger partial charge in [-0.2, -0.15) is 0 Å². The van der Waals surface area contributed by atoms with Crippen molar-refractivity contribution in [1.29, 1.82) is 0 Å². The highest BCUT2D eigenvalue weighted by Gasteiger charge is 2.22. The fraction of sp³-hybridized carbons (Fsp3) is 0.241. The van der Waals surface area contributed by atoms with Gasteiger partial charge < -0.3 is 5.32 Å². The number of carbonyl (C=O) groups excluding carboxylic acids is 2. The molecule has 1 heterocycles. The van der Waals surface area contributed by atoms with Gasteiger partial charge in [-0.15, -0.1) is 0 Å². The van der Waals surface area contributed by atoms with E-state index in [1.807, 2.05) is 81.4 Å². The van der Waals surface area contributed by atoms with E-state index in [4.69, 9.17) is 4.98 Å². The third kappa shape index (κ3) is 6.10. The number of benzene rings is 3. The van der Waals surface area contributed by atoms with Gasteiger partial charge in [-0.25, -0.2) is 4.98 Å². The number of thioether (sulfide) groups is 1. The van der Waals surface area contributed by atoms with E-state index < -0.39 is 5.41 Å². The number of Topliss-reactive ketones (excluding diaryl/α,β-unsaturated/α-hetero) is 1. The summed E-state index contributed by atoms with van der Waals surface area (Å²) in [5.74, 6) is 0.0308. The molecule has 1 N–H and O–H groups in total. The zero-order valence-corrected chi connectivity index (χ0v) is 21.5. The van der Waals surface area contributed by atoms with Crippen molar-refractivity contribution in [3.63, 3.8) is 0 Å². The average Bonchev–Trinajstić information content (AvgIpc) is 2.88. The first-order valence-electron chi connectivity index (χ1n) is 11.8. The minimum absolute atomic E-state index is 0.0714. The molecule has 6 nitrogen and oxygen atoms in total. The van der Waals surface area contributed by atoms with Gasteiger partial charge in [-0.1, -0.05) is 93.2 Å². The Morgan fingerprint density at radius 3 is 2.19 bits per heavy atom. The van der Waals surface area contributed by atoms with Crippen molar-refractivity contribution in [2.75, 3.05) is 5.75 Å². The van der Waals surface area contributed by atoms with E-state index in [9.17, 15) is 14.4 Å². The highest BCUT2D eigenvalue weighted by molar-refractivity contribution is 7.99. The van der Waals surface area contributed by atoms with E-state index >= 15 is 0 Å². The molecule has 4 aromatic rings. The van der Waals surface area contributed by atoms with Crippen molar-refractivity contribution in [3.8, 4) is 0 Å². The van der Waals surface area contributed by atoms with Crippen LogP contribution in [0.25, 0.3) is 10.9 Å². The van der Waals surface area contributed by atoms with Crippen LogP contribution in [0.4, 0.5) is 0 Å². The lowest BCUT2D eigenvalue weighted by Crippen LogP contribution is -2.26. The quantitative estimate of drug-likeness (QED) is 0.270. The van der Waals surface area contributed by atoms with E-state index in [0.29, 0.717) is 34.7 Å². The topological polar surface area (TPSA) is 81.1 Å². The van der Waals surface area contributed by atoms with Crippen molar-refractivity contribution in [2.24, 2.45) is 5.41 Å². The normalized spacial score (nSPS) is 11.4. The molecule has 1 amide bonds. The number of hydrogen-bond acceptors (Lipinski definition) is 5. The molecule has 4 rings (SSSR count). The summed E-state index contributed by atoms with van der Waals surface area (Å²) in [5.41, 5.74) is 2.12. The molecule has 0 aliphatic carbocycles. The molecule has 184 valence electrons. The summed E-state index contributed by atoms with van der Waals surface area (Å²) in [7, 11) is 0. The Kier molecular flexibility index (Phi) is 7.70. The van der Waals surface area contributed by atoms with Crippen LogP contribution in [0.5, 0.6) is 0 Å². The van der Waals surface area contributed by atoms with Gasteiger partial charge in [0.15, 0.2) is 5.16 Å². The minimum Gasteiger partial charge on any atom is -0.348 e. The zero-order valence-electron chi connectivity index (χ0n) is 20.7. The molecule has 0 radical (unpaired) electrons. The Hall–Kier alpha value is -3.71.